The SMILES string of the molecule is Cc1occc1C(N)c1cnnn1-c1ccccc1. The third-order valence-electron chi connectivity index (χ3n) is 3.13. The predicted octanol–water partition coefficient (Wildman–Crippen LogP) is 2.22. The third kappa shape index (κ3) is 2.04. The summed E-state index contributed by atoms with van der Waals surface area (Å²) in [4.78, 5) is 0. The van der Waals surface area contributed by atoms with E-state index in [0.29, 0.717) is 0 Å². The summed E-state index contributed by atoms with van der Waals surface area (Å²) in [6.07, 6.45) is 3.32. The van der Waals surface area contributed by atoms with Gasteiger partial charge in [-0.15, -0.1) is 5.10 Å². The molecule has 0 fully saturated rings. The summed E-state index contributed by atoms with van der Waals surface area (Å²) in [6, 6.07) is 11.4. The number of furan rings is 1. The maximum atomic E-state index is 6.28. The van der Waals surface area contributed by atoms with E-state index in [1.807, 2.05) is 43.3 Å². The Balaban J connectivity index is 2.04. The molecule has 0 saturated heterocycles. The van der Waals surface area contributed by atoms with Crippen LogP contribution in [-0.2, 0) is 0 Å². The summed E-state index contributed by atoms with van der Waals surface area (Å²) in [5.74, 6) is 0.813. The minimum absolute atomic E-state index is 0.311. The molecule has 0 aliphatic heterocycles. The molecule has 96 valence electrons. The molecule has 1 aromatic carbocycles. The molecule has 0 saturated carbocycles. The highest BCUT2D eigenvalue weighted by Crippen LogP contribution is 2.24. The molecule has 19 heavy (non-hydrogen) atoms. The van der Waals surface area contributed by atoms with Crippen LogP contribution in [0, 0.1) is 6.92 Å². The average molecular weight is 254 g/mol. The summed E-state index contributed by atoms with van der Waals surface area (Å²) >= 11 is 0. The van der Waals surface area contributed by atoms with Gasteiger partial charge in [0.1, 0.15) is 5.76 Å². The van der Waals surface area contributed by atoms with Gasteiger partial charge < -0.3 is 10.2 Å². The zero-order chi connectivity index (χ0) is 13.2. The molecule has 0 spiro atoms. The standard InChI is InChI=1S/C14H14N4O/c1-10-12(7-8-19-10)14(15)13-9-16-17-18(13)11-5-3-2-4-6-11/h2-9,14H,15H2,1H3. The van der Waals surface area contributed by atoms with Gasteiger partial charge in [-0.2, -0.15) is 0 Å². The van der Waals surface area contributed by atoms with E-state index in [1.54, 1.807) is 17.1 Å². The lowest BCUT2D eigenvalue weighted by molar-refractivity contribution is 0.526. The molecule has 0 aliphatic carbocycles. The molecule has 3 rings (SSSR count). The molecule has 1 atom stereocenters. The van der Waals surface area contributed by atoms with Crippen LogP contribution in [0.4, 0.5) is 0 Å². The monoisotopic (exact) mass is 254 g/mol. The fourth-order valence-electron chi connectivity index (χ4n) is 2.10. The molecule has 3 aromatic rings. The zero-order valence-corrected chi connectivity index (χ0v) is 10.5. The van der Waals surface area contributed by atoms with E-state index >= 15 is 0 Å². The Morgan fingerprint density at radius 1 is 1.21 bits per heavy atom. The first-order chi connectivity index (χ1) is 9.27. The minimum Gasteiger partial charge on any atom is -0.469 e. The Kier molecular flexibility index (Phi) is 2.89. The van der Waals surface area contributed by atoms with Gasteiger partial charge in [-0.3, -0.25) is 0 Å². The van der Waals surface area contributed by atoms with Crippen molar-refractivity contribution >= 4 is 0 Å². The van der Waals surface area contributed by atoms with Gasteiger partial charge in [-0.25, -0.2) is 4.68 Å². The van der Waals surface area contributed by atoms with Crippen LogP contribution in [0.2, 0.25) is 0 Å². The van der Waals surface area contributed by atoms with Crippen LogP contribution in [0.5, 0.6) is 0 Å². The summed E-state index contributed by atoms with van der Waals surface area (Å²) in [6.45, 7) is 1.89. The van der Waals surface area contributed by atoms with Gasteiger partial charge in [-0.05, 0) is 25.1 Å². The van der Waals surface area contributed by atoms with Crippen LogP contribution in [-0.4, -0.2) is 15.0 Å². The number of aromatic nitrogens is 3. The van der Waals surface area contributed by atoms with Crippen molar-refractivity contribution in [3.63, 3.8) is 0 Å². The summed E-state index contributed by atoms with van der Waals surface area (Å²) in [7, 11) is 0. The minimum atomic E-state index is -0.311. The van der Waals surface area contributed by atoms with Crippen LogP contribution in [0.25, 0.3) is 5.69 Å². The van der Waals surface area contributed by atoms with E-state index in [0.717, 1.165) is 22.7 Å². The maximum absolute atomic E-state index is 6.28. The largest absolute Gasteiger partial charge is 0.469 e. The van der Waals surface area contributed by atoms with Crippen molar-refractivity contribution in [1.82, 2.24) is 15.0 Å². The van der Waals surface area contributed by atoms with E-state index in [2.05, 4.69) is 10.3 Å². The quantitative estimate of drug-likeness (QED) is 0.778. The number of nitrogens with zero attached hydrogens (tertiary/aromatic N) is 3. The summed E-state index contributed by atoms with van der Waals surface area (Å²) < 4.78 is 7.05. The molecule has 2 N–H and O–H groups in total. The van der Waals surface area contributed by atoms with Gasteiger partial charge in [0.15, 0.2) is 0 Å². The lowest BCUT2D eigenvalue weighted by Gasteiger charge is -2.12. The number of hydrogen-bond acceptors (Lipinski definition) is 4. The number of nitrogens with two attached hydrogens (primary N) is 1. The van der Waals surface area contributed by atoms with Crippen molar-refractivity contribution in [3.05, 3.63) is 65.9 Å². The van der Waals surface area contributed by atoms with Gasteiger partial charge in [0, 0.05) is 5.56 Å². The molecule has 0 radical (unpaired) electrons. The van der Waals surface area contributed by atoms with Gasteiger partial charge in [0.25, 0.3) is 0 Å². The van der Waals surface area contributed by atoms with Gasteiger partial charge in [-0.1, -0.05) is 23.4 Å². The molecule has 5 heteroatoms. The first kappa shape index (κ1) is 11.7. The Labute approximate surface area is 110 Å². The molecule has 2 heterocycles. The maximum Gasteiger partial charge on any atom is 0.105 e. The Hall–Kier alpha value is -2.40. The van der Waals surface area contributed by atoms with E-state index in [9.17, 15) is 0 Å². The molecular formula is C14H14N4O. The van der Waals surface area contributed by atoms with Gasteiger partial charge in [0.2, 0.25) is 0 Å². The number of hydrogen-bond donors (Lipinski definition) is 1. The van der Waals surface area contributed by atoms with Crippen molar-refractivity contribution in [2.75, 3.05) is 0 Å². The van der Waals surface area contributed by atoms with Crippen LogP contribution in [0.3, 0.4) is 0 Å². The van der Waals surface area contributed by atoms with Crippen LogP contribution < -0.4 is 5.73 Å². The number of benzene rings is 1. The van der Waals surface area contributed by atoms with Crippen molar-refractivity contribution in [2.45, 2.75) is 13.0 Å². The topological polar surface area (TPSA) is 69.9 Å². The van der Waals surface area contributed by atoms with Crippen LogP contribution in [0.15, 0.2) is 53.3 Å². The highest BCUT2D eigenvalue weighted by molar-refractivity contribution is 5.35. The Bertz CT molecular complexity index is 672. The summed E-state index contributed by atoms with van der Waals surface area (Å²) in [5.41, 5.74) is 8.99. The Morgan fingerprint density at radius 3 is 2.68 bits per heavy atom. The fourth-order valence-corrected chi connectivity index (χ4v) is 2.10. The van der Waals surface area contributed by atoms with Crippen molar-refractivity contribution in [2.24, 2.45) is 5.73 Å². The van der Waals surface area contributed by atoms with E-state index in [4.69, 9.17) is 10.2 Å². The molecule has 2 aromatic heterocycles. The smallest absolute Gasteiger partial charge is 0.105 e. The molecule has 0 bridgehead atoms. The highest BCUT2D eigenvalue weighted by atomic mass is 16.3. The highest BCUT2D eigenvalue weighted by Gasteiger charge is 2.19. The predicted molar refractivity (Wildman–Crippen MR) is 70.8 cm³/mol. The second kappa shape index (κ2) is 4.70. The second-order valence-electron chi connectivity index (χ2n) is 4.32. The van der Waals surface area contributed by atoms with Crippen molar-refractivity contribution in [3.8, 4) is 5.69 Å². The van der Waals surface area contributed by atoms with Crippen LogP contribution >= 0.6 is 0 Å². The van der Waals surface area contributed by atoms with E-state index < -0.39 is 0 Å². The van der Waals surface area contributed by atoms with E-state index in [-0.39, 0.29) is 6.04 Å². The normalized spacial score (nSPS) is 12.5. The second-order valence-corrected chi connectivity index (χ2v) is 4.32. The molecule has 0 amide bonds. The van der Waals surface area contributed by atoms with Crippen LogP contribution in [0.1, 0.15) is 23.1 Å². The first-order valence-electron chi connectivity index (χ1n) is 6.03. The lowest BCUT2D eigenvalue weighted by atomic mass is 10.1. The first-order valence-corrected chi connectivity index (χ1v) is 6.03. The van der Waals surface area contributed by atoms with E-state index in [1.165, 1.54) is 0 Å². The molecule has 1 unspecified atom stereocenters. The number of para-hydroxylation sites is 1. The number of rotatable bonds is 3. The van der Waals surface area contributed by atoms with Crippen molar-refractivity contribution in [1.29, 1.82) is 0 Å². The zero-order valence-electron chi connectivity index (χ0n) is 10.5. The third-order valence-corrected chi connectivity index (χ3v) is 3.13. The average Bonchev–Trinajstić information content (AvgIpc) is 3.07. The van der Waals surface area contributed by atoms with Crippen molar-refractivity contribution < 1.29 is 4.42 Å². The fraction of sp³-hybridized carbons (Fsp3) is 0.143. The number of aryl methyl sites for hydroxylation is 1. The van der Waals surface area contributed by atoms with Gasteiger partial charge in [0.05, 0.1) is 29.9 Å². The molecule has 0 aliphatic rings. The van der Waals surface area contributed by atoms with Gasteiger partial charge >= 0.3 is 0 Å². The Morgan fingerprint density at radius 2 is 2.00 bits per heavy atom. The summed E-state index contributed by atoms with van der Waals surface area (Å²) in [5, 5.41) is 8.06. The molecular weight excluding hydrogens is 240 g/mol. The lowest BCUT2D eigenvalue weighted by Crippen LogP contribution is -2.16. The molecule has 5 nitrogen and oxygen atoms in total.